The minimum absolute atomic E-state index is 0.213. The number of anilines is 2. The highest BCUT2D eigenvalue weighted by Crippen LogP contribution is 2.18. The van der Waals surface area contributed by atoms with Gasteiger partial charge in [-0.05, 0) is 38.5 Å². The summed E-state index contributed by atoms with van der Waals surface area (Å²) in [5, 5.41) is 5.99. The first-order valence-corrected chi connectivity index (χ1v) is 6.55. The van der Waals surface area contributed by atoms with Crippen molar-refractivity contribution in [1.29, 1.82) is 0 Å². The second-order valence-corrected chi connectivity index (χ2v) is 4.52. The first kappa shape index (κ1) is 14.0. The molecule has 2 aromatic rings. The quantitative estimate of drug-likeness (QED) is 0.896. The summed E-state index contributed by atoms with van der Waals surface area (Å²) in [6, 6.07) is 5.60. The van der Waals surface area contributed by atoms with Gasteiger partial charge in [0.15, 0.2) is 0 Å². The Morgan fingerprint density at radius 1 is 1.30 bits per heavy atom. The standard InChI is InChI=1S/C15H18N4O/c1-4-16-13-8-11(3)18-9-12(13)15(20)19-14-10(2)6-5-7-17-14/h5-9H,4H2,1-3H3,(H,16,18)(H,17,19,20). The molecule has 0 saturated carbocycles. The van der Waals surface area contributed by atoms with Gasteiger partial charge in [0.05, 0.1) is 11.3 Å². The fraction of sp³-hybridized carbons (Fsp3) is 0.267. The van der Waals surface area contributed by atoms with E-state index < -0.39 is 0 Å². The minimum Gasteiger partial charge on any atom is -0.385 e. The third kappa shape index (κ3) is 3.12. The molecule has 20 heavy (non-hydrogen) atoms. The van der Waals surface area contributed by atoms with Crippen molar-refractivity contribution in [3.63, 3.8) is 0 Å². The lowest BCUT2D eigenvalue weighted by molar-refractivity contribution is 0.102. The third-order valence-corrected chi connectivity index (χ3v) is 2.89. The van der Waals surface area contributed by atoms with Gasteiger partial charge in [0.25, 0.3) is 5.91 Å². The van der Waals surface area contributed by atoms with Crippen molar-refractivity contribution in [1.82, 2.24) is 9.97 Å². The summed E-state index contributed by atoms with van der Waals surface area (Å²) in [5.41, 5.74) is 3.09. The van der Waals surface area contributed by atoms with Crippen LogP contribution in [0.5, 0.6) is 0 Å². The summed E-state index contributed by atoms with van der Waals surface area (Å²) >= 11 is 0. The lowest BCUT2D eigenvalue weighted by Crippen LogP contribution is -2.17. The van der Waals surface area contributed by atoms with Gasteiger partial charge in [-0.15, -0.1) is 0 Å². The number of rotatable bonds is 4. The van der Waals surface area contributed by atoms with Crippen molar-refractivity contribution in [3.8, 4) is 0 Å². The largest absolute Gasteiger partial charge is 0.385 e. The Labute approximate surface area is 118 Å². The zero-order valence-electron chi connectivity index (χ0n) is 11.9. The lowest BCUT2D eigenvalue weighted by atomic mass is 10.2. The molecular weight excluding hydrogens is 252 g/mol. The first-order valence-electron chi connectivity index (χ1n) is 6.55. The molecule has 0 aromatic carbocycles. The summed E-state index contributed by atoms with van der Waals surface area (Å²) in [5.74, 6) is 0.357. The van der Waals surface area contributed by atoms with Crippen LogP contribution in [0.4, 0.5) is 11.5 Å². The zero-order valence-corrected chi connectivity index (χ0v) is 11.9. The number of aromatic nitrogens is 2. The highest BCUT2D eigenvalue weighted by molar-refractivity contribution is 6.07. The molecule has 0 unspecified atom stereocenters. The number of aryl methyl sites for hydroxylation is 2. The lowest BCUT2D eigenvalue weighted by Gasteiger charge is -2.12. The van der Waals surface area contributed by atoms with E-state index in [0.29, 0.717) is 11.4 Å². The maximum absolute atomic E-state index is 12.3. The van der Waals surface area contributed by atoms with Gasteiger partial charge in [-0.1, -0.05) is 6.07 Å². The van der Waals surface area contributed by atoms with Crippen LogP contribution in [-0.4, -0.2) is 22.4 Å². The van der Waals surface area contributed by atoms with Gasteiger partial charge in [0.1, 0.15) is 5.82 Å². The molecule has 2 heterocycles. The number of nitrogens with one attached hydrogen (secondary N) is 2. The van der Waals surface area contributed by atoms with E-state index in [1.165, 1.54) is 0 Å². The van der Waals surface area contributed by atoms with Crippen molar-refractivity contribution < 1.29 is 4.79 Å². The summed E-state index contributed by atoms with van der Waals surface area (Å²) in [6.45, 7) is 6.53. The Kier molecular flexibility index (Phi) is 4.30. The van der Waals surface area contributed by atoms with Crippen LogP contribution in [-0.2, 0) is 0 Å². The molecule has 0 bridgehead atoms. The monoisotopic (exact) mass is 270 g/mol. The molecule has 2 N–H and O–H groups in total. The molecule has 2 aromatic heterocycles. The molecule has 0 aliphatic carbocycles. The normalized spacial score (nSPS) is 10.2. The van der Waals surface area contributed by atoms with Gasteiger partial charge in [-0.2, -0.15) is 0 Å². The second-order valence-electron chi connectivity index (χ2n) is 4.52. The molecule has 0 fully saturated rings. The molecule has 0 radical (unpaired) electrons. The van der Waals surface area contributed by atoms with E-state index in [2.05, 4.69) is 20.6 Å². The van der Waals surface area contributed by atoms with E-state index in [0.717, 1.165) is 23.5 Å². The molecule has 5 nitrogen and oxygen atoms in total. The predicted molar refractivity (Wildman–Crippen MR) is 80.1 cm³/mol. The van der Waals surface area contributed by atoms with Crippen molar-refractivity contribution in [3.05, 3.63) is 47.4 Å². The zero-order chi connectivity index (χ0) is 14.5. The summed E-state index contributed by atoms with van der Waals surface area (Å²) in [4.78, 5) is 20.7. The number of carbonyl (C=O) groups excluding carboxylic acids is 1. The Hall–Kier alpha value is -2.43. The van der Waals surface area contributed by atoms with Gasteiger partial charge in [0.2, 0.25) is 0 Å². The van der Waals surface area contributed by atoms with Gasteiger partial charge >= 0.3 is 0 Å². The van der Waals surface area contributed by atoms with Crippen LogP contribution in [0.25, 0.3) is 0 Å². The van der Waals surface area contributed by atoms with Crippen LogP contribution in [0.15, 0.2) is 30.6 Å². The molecule has 1 amide bonds. The van der Waals surface area contributed by atoms with Crippen LogP contribution < -0.4 is 10.6 Å². The Morgan fingerprint density at radius 2 is 2.10 bits per heavy atom. The summed E-state index contributed by atoms with van der Waals surface area (Å²) in [6.07, 6.45) is 3.24. The van der Waals surface area contributed by atoms with E-state index in [1.807, 2.05) is 39.0 Å². The van der Waals surface area contributed by atoms with Crippen LogP contribution in [0, 0.1) is 13.8 Å². The number of nitrogens with zero attached hydrogens (tertiary/aromatic N) is 2. The number of hydrogen-bond acceptors (Lipinski definition) is 4. The predicted octanol–water partition coefficient (Wildman–Crippen LogP) is 2.78. The van der Waals surface area contributed by atoms with Gasteiger partial charge < -0.3 is 10.6 Å². The topological polar surface area (TPSA) is 66.9 Å². The molecule has 0 aliphatic heterocycles. The molecular formula is C15H18N4O. The molecule has 5 heteroatoms. The van der Waals surface area contributed by atoms with Crippen LogP contribution in [0.2, 0.25) is 0 Å². The molecule has 104 valence electrons. The smallest absolute Gasteiger partial charge is 0.260 e. The highest BCUT2D eigenvalue weighted by atomic mass is 16.1. The van der Waals surface area contributed by atoms with Crippen molar-refractivity contribution in [2.24, 2.45) is 0 Å². The van der Waals surface area contributed by atoms with Gasteiger partial charge in [0, 0.05) is 24.6 Å². The van der Waals surface area contributed by atoms with Gasteiger partial charge in [-0.3, -0.25) is 9.78 Å². The fourth-order valence-electron chi connectivity index (χ4n) is 1.87. The third-order valence-electron chi connectivity index (χ3n) is 2.89. The first-order chi connectivity index (χ1) is 9.61. The Balaban J connectivity index is 2.27. The van der Waals surface area contributed by atoms with E-state index in [1.54, 1.807) is 12.4 Å². The van der Waals surface area contributed by atoms with Crippen molar-refractivity contribution in [2.75, 3.05) is 17.2 Å². The maximum Gasteiger partial charge on any atom is 0.260 e. The second kappa shape index (κ2) is 6.14. The van der Waals surface area contributed by atoms with Crippen LogP contribution in [0.3, 0.4) is 0 Å². The molecule has 0 atom stereocenters. The Morgan fingerprint density at radius 3 is 2.80 bits per heavy atom. The number of pyridine rings is 2. The number of amides is 1. The molecule has 0 spiro atoms. The molecule has 0 saturated heterocycles. The van der Waals surface area contributed by atoms with Crippen molar-refractivity contribution in [2.45, 2.75) is 20.8 Å². The van der Waals surface area contributed by atoms with Crippen LogP contribution >= 0.6 is 0 Å². The minimum atomic E-state index is -0.213. The molecule has 2 rings (SSSR count). The SMILES string of the molecule is CCNc1cc(C)ncc1C(=O)Nc1ncccc1C. The van der Waals surface area contributed by atoms with Crippen LogP contribution in [0.1, 0.15) is 28.5 Å². The van der Waals surface area contributed by atoms with E-state index >= 15 is 0 Å². The fourth-order valence-corrected chi connectivity index (χ4v) is 1.87. The Bertz CT molecular complexity index is 625. The molecule has 0 aliphatic rings. The van der Waals surface area contributed by atoms with E-state index in [9.17, 15) is 4.79 Å². The highest BCUT2D eigenvalue weighted by Gasteiger charge is 2.13. The number of hydrogen-bond donors (Lipinski definition) is 2. The number of carbonyl (C=O) groups is 1. The van der Waals surface area contributed by atoms with E-state index in [4.69, 9.17) is 0 Å². The summed E-state index contributed by atoms with van der Waals surface area (Å²) in [7, 11) is 0. The average molecular weight is 270 g/mol. The maximum atomic E-state index is 12.3. The van der Waals surface area contributed by atoms with Gasteiger partial charge in [-0.25, -0.2) is 4.98 Å². The van der Waals surface area contributed by atoms with Crippen molar-refractivity contribution >= 4 is 17.4 Å². The van der Waals surface area contributed by atoms with E-state index in [-0.39, 0.29) is 5.91 Å². The average Bonchev–Trinajstić information content (AvgIpc) is 2.42. The summed E-state index contributed by atoms with van der Waals surface area (Å²) < 4.78 is 0.